The van der Waals surface area contributed by atoms with E-state index in [1.165, 1.54) is 11.3 Å². The zero-order valence-corrected chi connectivity index (χ0v) is 17.4. The molecule has 1 aromatic carbocycles. The second-order valence-corrected chi connectivity index (χ2v) is 7.30. The Morgan fingerprint density at radius 1 is 1.14 bits per heavy atom. The Labute approximate surface area is 171 Å². The number of carbonyl (C=O) groups is 3. The standard InChI is InChI=1S/C19H23N3O6S/c1-4-28-8-7-21-12-9-13(26-2)14(27-3)10-15(12)29-19(21)20-16(23)11-22-17(24)5-6-18(22)25/h9-10H,4-8,11H2,1-3H3. The van der Waals surface area contributed by atoms with Gasteiger partial charge in [-0.1, -0.05) is 11.3 Å². The molecule has 2 aromatic rings. The number of amides is 3. The van der Waals surface area contributed by atoms with Crippen LogP contribution in [-0.2, 0) is 25.7 Å². The van der Waals surface area contributed by atoms with Crippen molar-refractivity contribution in [2.75, 3.05) is 34.0 Å². The first-order valence-electron chi connectivity index (χ1n) is 9.22. The van der Waals surface area contributed by atoms with Crippen molar-refractivity contribution in [2.45, 2.75) is 26.3 Å². The van der Waals surface area contributed by atoms with Crippen LogP contribution in [0.1, 0.15) is 19.8 Å². The second-order valence-electron chi connectivity index (χ2n) is 6.29. The molecule has 0 unspecified atom stereocenters. The van der Waals surface area contributed by atoms with Crippen LogP contribution in [0.25, 0.3) is 10.2 Å². The summed E-state index contributed by atoms with van der Waals surface area (Å²) < 4.78 is 18.9. The van der Waals surface area contributed by atoms with E-state index in [9.17, 15) is 14.4 Å². The molecule has 0 aliphatic carbocycles. The number of nitrogens with zero attached hydrogens (tertiary/aromatic N) is 3. The first kappa shape index (κ1) is 21.0. The number of aromatic nitrogens is 1. The number of fused-ring (bicyclic) bond motifs is 1. The molecule has 156 valence electrons. The van der Waals surface area contributed by atoms with Crippen LogP contribution in [0.5, 0.6) is 11.5 Å². The van der Waals surface area contributed by atoms with E-state index >= 15 is 0 Å². The van der Waals surface area contributed by atoms with Crippen LogP contribution in [0.4, 0.5) is 0 Å². The molecule has 0 atom stereocenters. The molecule has 3 rings (SSSR count). The molecule has 10 heteroatoms. The molecule has 29 heavy (non-hydrogen) atoms. The second kappa shape index (κ2) is 9.19. The minimum atomic E-state index is -0.552. The molecule has 0 saturated carbocycles. The topological polar surface area (TPSA) is 99.4 Å². The van der Waals surface area contributed by atoms with Gasteiger partial charge in [0.15, 0.2) is 16.3 Å². The highest BCUT2D eigenvalue weighted by Gasteiger charge is 2.30. The molecule has 0 bridgehead atoms. The quantitative estimate of drug-likeness (QED) is 0.471. The van der Waals surface area contributed by atoms with E-state index < -0.39 is 5.91 Å². The number of imide groups is 1. The van der Waals surface area contributed by atoms with Crippen LogP contribution >= 0.6 is 11.3 Å². The van der Waals surface area contributed by atoms with Crippen molar-refractivity contribution in [3.8, 4) is 11.5 Å². The maximum atomic E-state index is 12.5. The summed E-state index contributed by atoms with van der Waals surface area (Å²) in [5, 5.41) is 0. The van der Waals surface area contributed by atoms with Gasteiger partial charge in [-0.25, -0.2) is 0 Å². The minimum Gasteiger partial charge on any atom is -0.493 e. The van der Waals surface area contributed by atoms with E-state index in [1.54, 1.807) is 14.2 Å². The zero-order chi connectivity index (χ0) is 21.0. The third kappa shape index (κ3) is 4.48. The van der Waals surface area contributed by atoms with Gasteiger partial charge in [-0.3, -0.25) is 19.3 Å². The SMILES string of the molecule is CCOCCn1c(=NC(=O)CN2C(=O)CCC2=O)sc2cc(OC)c(OC)cc21. The summed E-state index contributed by atoms with van der Waals surface area (Å²) in [4.78, 5) is 41.6. The predicted molar refractivity (Wildman–Crippen MR) is 106 cm³/mol. The van der Waals surface area contributed by atoms with Gasteiger partial charge in [0.2, 0.25) is 11.8 Å². The number of thiazole rings is 1. The normalized spacial score (nSPS) is 14.9. The molecular formula is C19H23N3O6S. The fourth-order valence-electron chi connectivity index (χ4n) is 3.07. The molecule has 2 heterocycles. The number of hydrogen-bond donors (Lipinski definition) is 0. The summed E-state index contributed by atoms with van der Waals surface area (Å²) in [5.41, 5.74) is 0.826. The highest BCUT2D eigenvalue weighted by Crippen LogP contribution is 2.33. The van der Waals surface area contributed by atoms with Crippen molar-refractivity contribution in [1.82, 2.24) is 9.47 Å². The maximum Gasteiger partial charge on any atom is 0.268 e. The van der Waals surface area contributed by atoms with Gasteiger partial charge < -0.3 is 18.8 Å². The average molecular weight is 421 g/mol. The lowest BCUT2D eigenvalue weighted by atomic mass is 10.3. The van der Waals surface area contributed by atoms with E-state index in [1.807, 2.05) is 23.6 Å². The zero-order valence-electron chi connectivity index (χ0n) is 16.6. The van der Waals surface area contributed by atoms with Crippen molar-refractivity contribution < 1.29 is 28.6 Å². The number of likely N-dealkylation sites (tertiary alicyclic amines) is 1. The summed E-state index contributed by atoms with van der Waals surface area (Å²) >= 11 is 1.31. The molecular weight excluding hydrogens is 398 g/mol. The van der Waals surface area contributed by atoms with E-state index in [-0.39, 0.29) is 31.2 Å². The monoisotopic (exact) mass is 421 g/mol. The van der Waals surface area contributed by atoms with Crippen molar-refractivity contribution in [1.29, 1.82) is 0 Å². The lowest BCUT2D eigenvalue weighted by molar-refractivity contribution is -0.141. The Bertz CT molecular complexity index is 993. The molecule has 0 N–H and O–H groups in total. The summed E-state index contributed by atoms with van der Waals surface area (Å²) in [5.74, 6) is -0.0927. The van der Waals surface area contributed by atoms with Crippen LogP contribution < -0.4 is 14.3 Å². The molecule has 1 aromatic heterocycles. The Balaban J connectivity index is 2.01. The highest BCUT2D eigenvalue weighted by atomic mass is 32.1. The van der Waals surface area contributed by atoms with Crippen molar-refractivity contribution >= 4 is 39.3 Å². The van der Waals surface area contributed by atoms with E-state index in [2.05, 4.69) is 4.99 Å². The number of benzene rings is 1. The number of methoxy groups -OCH3 is 2. The van der Waals surface area contributed by atoms with Gasteiger partial charge in [0, 0.05) is 38.1 Å². The van der Waals surface area contributed by atoms with Gasteiger partial charge in [-0.05, 0) is 6.92 Å². The van der Waals surface area contributed by atoms with E-state index in [0.717, 1.165) is 15.1 Å². The Morgan fingerprint density at radius 3 is 2.41 bits per heavy atom. The summed E-state index contributed by atoms with van der Waals surface area (Å²) in [7, 11) is 3.11. The molecule has 3 amide bonds. The van der Waals surface area contributed by atoms with E-state index in [4.69, 9.17) is 14.2 Å². The third-order valence-corrected chi connectivity index (χ3v) is 5.56. The molecule has 1 aliphatic heterocycles. The summed E-state index contributed by atoms with van der Waals surface area (Å²) in [6, 6.07) is 3.65. The van der Waals surface area contributed by atoms with Gasteiger partial charge in [0.05, 0.1) is 31.0 Å². The molecule has 1 saturated heterocycles. The minimum absolute atomic E-state index is 0.142. The van der Waals surface area contributed by atoms with Gasteiger partial charge in [-0.2, -0.15) is 4.99 Å². The lowest BCUT2D eigenvalue weighted by Gasteiger charge is -2.10. The molecule has 1 fully saturated rings. The Kier molecular flexibility index (Phi) is 6.65. The van der Waals surface area contributed by atoms with Gasteiger partial charge >= 0.3 is 0 Å². The third-order valence-electron chi connectivity index (χ3n) is 4.52. The van der Waals surface area contributed by atoms with E-state index in [0.29, 0.717) is 36.1 Å². The Hall–Kier alpha value is -2.72. The molecule has 0 spiro atoms. The fourth-order valence-corrected chi connectivity index (χ4v) is 4.16. The predicted octanol–water partition coefficient (Wildman–Crippen LogP) is 1.33. The van der Waals surface area contributed by atoms with Crippen LogP contribution in [0.15, 0.2) is 17.1 Å². The number of carbonyl (C=O) groups excluding carboxylic acids is 3. The van der Waals surface area contributed by atoms with Gasteiger partial charge in [0.1, 0.15) is 6.54 Å². The van der Waals surface area contributed by atoms with Crippen LogP contribution in [-0.4, -0.2) is 61.2 Å². The molecule has 0 radical (unpaired) electrons. The molecule has 1 aliphatic rings. The van der Waals surface area contributed by atoms with Crippen molar-refractivity contribution in [3.05, 3.63) is 16.9 Å². The highest BCUT2D eigenvalue weighted by molar-refractivity contribution is 7.16. The van der Waals surface area contributed by atoms with Crippen LogP contribution in [0.3, 0.4) is 0 Å². The van der Waals surface area contributed by atoms with Crippen LogP contribution in [0.2, 0.25) is 0 Å². The number of rotatable bonds is 8. The maximum absolute atomic E-state index is 12.5. The largest absolute Gasteiger partial charge is 0.493 e. The van der Waals surface area contributed by atoms with Crippen molar-refractivity contribution in [3.63, 3.8) is 0 Å². The Morgan fingerprint density at radius 2 is 1.79 bits per heavy atom. The summed E-state index contributed by atoms with van der Waals surface area (Å²) in [6.07, 6.45) is 0.284. The first-order valence-corrected chi connectivity index (χ1v) is 10.0. The number of ether oxygens (including phenoxy) is 3. The number of hydrogen-bond acceptors (Lipinski definition) is 7. The van der Waals surface area contributed by atoms with Crippen molar-refractivity contribution in [2.24, 2.45) is 4.99 Å². The fraction of sp³-hybridized carbons (Fsp3) is 0.474. The summed E-state index contributed by atoms with van der Waals surface area (Å²) in [6.45, 7) is 3.07. The van der Waals surface area contributed by atoms with Gasteiger partial charge in [0.25, 0.3) is 5.91 Å². The average Bonchev–Trinajstić information content (AvgIpc) is 3.20. The molecule has 9 nitrogen and oxygen atoms in total. The first-order chi connectivity index (χ1) is 14.0. The lowest BCUT2D eigenvalue weighted by Crippen LogP contribution is -2.34. The van der Waals surface area contributed by atoms with Crippen LogP contribution in [0, 0.1) is 0 Å². The smallest absolute Gasteiger partial charge is 0.268 e. The van der Waals surface area contributed by atoms with Gasteiger partial charge in [-0.15, -0.1) is 0 Å².